The maximum atomic E-state index is 13.0. The van der Waals surface area contributed by atoms with Gasteiger partial charge in [-0.05, 0) is 61.9 Å². The standard InChI is InChI=1S/C19H16ClNO4.C3H6O3/c1-11-15(10-18(22)23)16-9-14(25-2)7-8-17(16)21(11)19(24)12-3-5-13(20)6-4-12;1-2(4)3(5)6/h3-9H,10H2,1-2H3,(H,22,23);2,4H,1H3,(H,5,6). The lowest BCUT2D eigenvalue weighted by atomic mass is 10.1. The van der Waals surface area contributed by atoms with Crippen LogP contribution in [-0.2, 0) is 16.0 Å². The predicted molar refractivity (Wildman–Crippen MR) is 115 cm³/mol. The van der Waals surface area contributed by atoms with Crippen molar-refractivity contribution in [3.05, 3.63) is 64.3 Å². The number of ether oxygens (including phenoxy) is 1. The van der Waals surface area contributed by atoms with E-state index in [1.54, 1.807) is 56.5 Å². The van der Waals surface area contributed by atoms with Crippen LogP contribution in [0, 0.1) is 6.92 Å². The van der Waals surface area contributed by atoms with E-state index in [0.29, 0.717) is 38.5 Å². The summed E-state index contributed by atoms with van der Waals surface area (Å²) < 4.78 is 6.77. The number of aliphatic hydroxyl groups is 1. The van der Waals surface area contributed by atoms with Crippen LogP contribution in [-0.4, -0.2) is 50.9 Å². The van der Waals surface area contributed by atoms with Crippen molar-refractivity contribution in [3.8, 4) is 5.75 Å². The van der Waals surface area contributed by atoms with Gasteiger partial charge >= 0.3 is 11.9 Å². The topological polar surface area (TPSA) is 126 Å². The van der Waals surface area contributed by atoms with Gasteiger partial charge in [-0.3, -0.25) is 14.2 Å². The van der Waals surface area contributed by atoms with Crippen molar-refractivity contribution in [2.75, 3.05) is 7.11 Å². The fourth-order valence-electron chi connectivity index (χ4n) is 2.95. The smallest absolute Gasteiger partial charge is 0.332 e. The molecule has 8 nitrogen and oxygen atoms in total. The molecule has 31 heavy (non-hydrogen) atoms. The highest BCUT2D eigenvalue weighted by Gasteiger charge is 2.21. The van der Waals surface area contributed by atoms with Crippen LogP contribution in [0.15, 0.2) is 42.5 Å². The molecule has 0 amide bonds. The number of aromatic nitrogens is 1. The Kier molecular flexibility index (Phi) is 7.79. The number of halogens is 1. The Bertz CT molecular complexity index is 1120. The third-order valence-electron chi connectivity index (χ3n) is 4.52. The molecule has 0 fully saturated rings. The first-order valence-corrected chi connectivity index (χ1v) is 9.55. The molecule has 9 heteroatoms. The second-order valence-electron chi connectivity index (χ2n) is 6.68. The number of aliphatic hydroxyl groups excluding tert-OH is 1. The van der Waals surface area contributed by atoms with Crippen LogP contribution in [0.25, 0.3) is 10.9 Å². The highest BCUT2D eigenvalue weighted by Crippen LogP contribution is 2.30. The number of hydrogen-bond acceptors (Lipinski definition) is 5. The summed E-state index contributed by atoms with van der Waals surface area (Å²) in [5.74, 6) is -1.77. The Morgan fingerprint density at radius 1 is 1.10 bits per heavy atom. The second-order valence-corrected chi connectivity index (χ2v) is 7.12. The van der Waals surface area contributed by atoms with E-state index in [1.807, 2.05) is 0 Å². The lowest BCUT2D eigenvalue weighted by Crippen LogP contribution is -2.14. The Morgan fingerprint density at radius 3 is 2.16 bits per heavy atom. The van der Waals surface area contributed by atoms with Crippen LogP contribution in [0.1, 0.15) is 28.5 Å². The molecule has 1 atom stereocenters. The van der Waals surface area contributed by atoms with E-state index in [9.17, 15) is 19.5 Å². The third-order valence-corrected chi connectivity index (χ3v) is 4.77. The quantitative estimate of drug-likeness (QED) is 0.547. The highest BCUT2D eigenvalue weighted by molar-refractivity contribution is 6.30. The molecule has 1 unspecified atom stereocenters. The summed E-state index contributed by atoms with van der Waals surface area (Å²) >= 11 is 5.89. The van der Waals surface area contributed by atoms with Gasteiger partial charge in [0.2, 0.25) is 0 Å². The first-order chi connectivity index (χ1) is 14.6. The summed E-state index contributed by atoms with van der Waals surface area (Å²) in [7, 11) is 1.54. The molecule has 0 aliphatic rings. The highest BCUT2D eigenvalue weighted by atomic mass is 35.5. The number of aliphatic carboxylic acids is 2. The summed E-state index contributed by atoms with van der Waals surface area (Å²) in [5, 5.41) is 26.2. The molecule has 1 heterocycles. The molecule has 2 aromatic carbocycles. The molecule has 0 saturated carbocycles. The number of benzene rings is 2. The van der Waals surface area contributed by atoms with Gasteiger partial charge in [-0.15, -0.1) is 0 Å². The molecular weight excluding hydrogens is 426 g/mol. The molecule has 0 spiro atoms. The number of nitrogens with zero attached hydrogens (tertiary/aromatic N) is 1. The molecule has 0 bridgehead atoms. The fourth-order valence-corrected chi connectivity index (χ4v) is 3.07. The first-order valence-electron chi connectivity index (χ1n) is 9.17. The van der Waals surface area contributed by atoms with Gasteiger partial charge < -0.3 is 20.1 Å². The van der Waals surface area contributed by atoms with Crippen LogP contribution < -0.4 is 4.74 Å². The maximum absolute atomic E-state index is 13.0. The van der Waals surface area contributed by atoms with Gasteiger partial charge in [-0.1, -0.05) is 11.6 Å². The van der Waals surface area contributed by atoms with Crippen LogP contribution in [0.5, 0.6) is 5.75 Å². The number of carbonyl (C=O) groups is 3. The van der Waals surface area contributed by atoms with Gasteiger partial charge in [0.05, 0.1) is 19.0 Å². The molecular formula is C22H22ClNO7. The summed E-state index contributed by atoms with van der Waals surface area (Å²) in [6, 6.07) is 11.9. The van der Waals surface area contributed by atoms with Crippen molar-refractivity contribution < 1.29 is 34.4 Å². The molecule has 0 aliphatic carbocycles. The van der Waals surface area contributed by atoms with Crippen molar-refractivity contribution in [2.45, 2.75) is 26.4 Å². The SMILES string of the molecule is CC(O)C(=O)O.COc1ccc2c(c1)c(CC(=O)O)c(C)n2C(=O)c1ccc(Cl)cc1. The fraction of sp³-hybridized carbons (Fsp3) is 0.227. The van der Waals surface area contributed by atoms with E-state index < -0.39 is 18.0 Å². The number of carboxylic acids is 2. The molecule has 1 aromatic heterocycles. The number of carbonyl (C=O) groups excluding carboxylic acids is 1. The van der Waals surface area contributed by atoms with Crippen LogP contribution in [0.4, 0.5) is 0 Å². The van der Waals surface area contributed by atoms with Crippen molar-refractivity contribution in [2.24, 2.45) is 0 Å². The maximum Gasteiger partial charge on any atom is 0.332 e. The van der Waals surface area contributed by atoms with Crippen LogP contribution >= 0.6 is 11.6 Å². The zero-order valence-corrected chi connectivity index (χ0v) is 17.9. The molecule has 3 N–H and O–H groups in total. The monoisotopic (exact) mass is 447 g/mol. The number of hydrogen-bond donors (Lipinski definition) is 3. The van der Waals surface area contributed by atoms with Gasteiger partial charge in [-0.2, -0.15) is 0 Å². The van der Waals surface area contributed by atoms with Gasteiger partial charge in [0, 0.05) is 21.7 Å². The van der Waals surface area contributed by atoms with Gasteiger partial charge in [0.25, 0.3) is 5.91 Å². The largest absolute Gasteiger partial charge is 0.497 e. The lowest BCUT2D eigenvalue weighted by molar-refractivity contribution is -0.145. The predicted octanol–water partition coefficient (Wildman–Crippen LogP) is 3.38. The van der Waals surface area contributed by atoms with E-state index in [2.05, 4.69) is 0 Å². The van der Waals surface area contributed by atoms with E-state index in [-0.39, 0.29) is 12.3 Å². The minimum Gasteiger partial charge on any atom is -0.497 e. The number of methoxy groups -OCH3 is 1. The number of fused-ring (bicyclic) bond motifs is 1. The van der Waals surface area contributed by atoms with Crippen molar-refractivity contribution in [3.63, 3.8) is 0 Å². The molecule has 0 aliphatic heterocycles. The Labute approximate surface area is 183 Å². The summed E-state index contributed by atoms with van der Waals surface area (Å²) in [4.78, 5) is 33.7. The third kappa shape index (κ3) is 5.62. The zero-order chi connectivity index (χ0) is 23.3. The van der Waals surface area contributed by atoms with Crippen LogP contribution in [0.3, 0.4) is 0 Å². The van der Waals surface area contributed by atoms with E-state index in [1.165, 1.54) is 11.5 Å². The summed E-state index contributed by atoms with van der Waals surface area (Å²) in [6.45, 7) is 2.95. The minimum absolute atomic E-state index is 0.170. The summed E-state index contributed by atoms with van der Waals surface area (Å²) in [5.41, 5.74) is 2.32. The van der Waals surface area contributed by atoms with Gasteiger partial charge in [0.15, 0.2) is 0 Å². The molecule has 3 rings (SSSR count). The number of carboxylic acid groups (broad SMARTS) is 2. The first kappa shape index (κ1) is 23.9. The Morgan fingerprint density at radius 2 is 1.68 bits per heavy atom. The average molecular weight is 448 g/mol. The van der Waals surface area contributed by atoms with Gasteiger partial charge in [-0.25, -0.2) is 4.79 Å². The van der Waals surface area contributed by atoms with Crippen molar-refractivity contribution in [1.82, 2.24) is 4.57 Å². The van der Waals surface area contributed by atoms with Gasteiger partial charge in [0.1, 0.15) is 11.9 Å². The normalized spacial score (nSPS) is 11.4. The Hall–Kier alpha value is -3.36. The molecule has 3 aromatic rings. The average Bonchev–Trinajstić information content (AvgIpc) is 2.98. The van der Waals surface area contributed by atoms with E-state index >= 15 is 0 Å². The molecule has 0 radical (unpaired) electrons. The lowest BCUT2D eigenvalue weighted by Gasteiger charge is -2.08. The molecule has 164 valence electrons. The van der Waals surface area contributed by atoms with Crippen molar-refractivity contribution in [1.29, 1.82) is 0 Å². The molecule has 0 saturated heterocycles. The van der Waals surface area contributed by atoms with E-state index in [0.717, 1.165) is 0 Å². The summed E-state index contributed by atoms with van der Waals surface area (Å²) in [6.07, 6.45) is -1.40. The minimum atomic E-state index is -1.23. The second kappa shape index (κ2) is 10.1. The van der Waals surface area contributed by atoms with Crippen molar-refractivity contribution >= 4 is 40.3 Å². The number of rotatable bonds is 5. The Balaban J connectivity index is 0.000000501. The zero-order valence-electron chi connectivity index (χ0n) is 17.1. The van der Waals surface area contributed by atoms with Crippen LogP contribution in [0.2, 0.25) is 5.02 Å². The van der Waals surface area contributed by atoms with E-state index in [4.69, 9.17) is 26.6 Å².